The molecule has 0 spiro atoms. The molecule has 0 fully saturated rings. The lowest BCUT2D eigenvalue weighted by Crippen LogP contribution is -1.70. The van der Waals surface area contributed by atoms with Crippen LogP contribution in [0.3, 0.4) is 0 Å². The first-order valence-corrected chi connectivity index (χ1v) is 4.20. The summed E-state index contributed by atoms with van der Waals surface area (Å²) in [5.41, 5.74) is 0. The molecule has 66 valence electrons. The predicted molar refractivity (Wildman–Crippen MR) is 43.0 cm³/mol. The molecular formula is C6H5ClFNO2S. The van der Waals surface area contributed by atoms with E-state index in [1.165, 1.54) is 12.1 Å². The minimum Gasteiger partial charge on any atom is -0.205 e. The van der Waals surface area contributed by atoms with Gasteiger partial charge >= 0.3 is 10.5 Å². The van der Waals surface area contributed by atoms with E-state index in [9.17, 15) is 4.39 Å². The number of hydrogen-bond donors (Lipinski definition) is 1. The largest absolute Gasteiger partial charge is 0.308 e. The van der Waals surface area contributed by atoms with Crippen molar-refractivity contribution in [1.29, 1.82) is 4.78 Å². The van der Waals surface area contributed by atoms with Crippen LogP contribution in [0.25, 0.3) is 0 Å². The Labute approximate surface area is 75.3 Å². The molecule has 0 radical (unpaired) electrons. The van der Waals surface area contributed by atoms with Gasteiger partial charge in [-0.3, -0.25) is 0 Å². The van der Waals surface area contributed by atoms with Gasteiger partial charge in [0.25, 0.3) is 0 Å². The van der Waals surface area contributed by atoms with Crippen molar-refractivity contribution in [2.24, 2.45) is 0 Å². The molecular weight excluding hydrogens is 205 g/mol. The standard InChI is InChI=1S/C6H4ClF.HNO2S/c7-5-3-1-2-4-6(5)8;1-4(2)3/h1-4H;1H. The third-order valence-electron chi connectivity index (χ3n) is 0.824. The summed E-state index contributed by atoms with van der Waals surface area (Å²) in [5, 5.41) is 0.174. The SMILES string of the molecule is Fc1ccccc1Cl.N=S(=O)=O. The average molecular weight is 210 g/mol. The first kappa shape index (κ1) is 11.1. The van der Waals surface area contributed by atoms with Crippen LogP contribution >= 0.6 is 11.6 Å². The van der Waals surface area contributed by atoms with E-state index in [2.05, 4.69) is 0 Å². The first-order chi connectivity index (χ1) is 5.54. The van der Waals surface area contributed by atoms with E-state index in [0.717, 1.165) is 0 Å². The van der Waals surface area contributed by atoms with Gasteiger partial charge in [-0.25, -0.2) is 4.39 Å². The lowest BCUT2D eigenvalue weighted by atomic mass is 10.4. The van der Waals surface area contributed by atoms with Crippen LogP contribution in [0.4, 0.5) is 4.39 Å². The summed E-state index contributed by atoms with van der Waals surface area (Å²) in [6.07, 6.45) is 0. The van der Waals surface area contributed by atoms with Gasteiger partial charge in [-0.2, -0.15) is 13.2 Å². The predicted octanol–water partition coefficient (Wildman–Crippen LogP) is 2.11. The minimum absolute atomic E-state index is 0.174. The Hall–Kier alpha value is -0.940. The Morgan fingerprint density at radius 3 is 2.00 bits per heavy atom. The first-order valence-electron chi connectivity index (χ1n) is 2.74. The van der Waals surface area contributed by atoms with Crippen LogP contribution in [0.5, 0.6) is 0 Å². The van der Waals surface area contributed by atoms with Crippen LogP contribution in [0.1, 0.15) is 0 Å². The minimum atomic E-state index is -2.61. The summed E-state index contributed by atoms with van der Waals surface area (Å²) in [4.78, 5) is 0. The molecule has 0 aliphatic heterocycles. The molecule has 3 nitrogen and oxygen atoms in total. The number of halogens is 2. The zero-order valence-electron chi connectivity index (χ0n) is 5.79. The second kappa shape index (κ2) is 5.68. The molecule has 1 N–H and O–H groups in total. The van der Waals surface area contributed by atoms with Crippen molar-refractivity contribution in [3.63, 3.8) is 0 Å². The molecule has 1 aromatic rings. The van der Waals surface area contributed by atoms with Crippen LogP contribution in [0.15, 0.2) is 24.3 Å². The molecule has 0 unspecified atom stereocenters. The van der Waals surface area contributed by atoms with Crippen molar-refractivity contribution >= 4 is 22.1 Å². The van der Waals surface area contributed by atoms with Gasteiger partial charge in [0.1, 0.15) is 5.82 Å². The molecule has 0 atom stereocenters. The molecule has 0 aromatic heterocycles. The number of benzene rings is 1. The van der Waals surface area contributed by atoms with Gasteiger partial charge in [-0.1, -0.05) is 23.7 Å². The second-order valence-electron chi connectivity index (χ2n) is 1.65. The summed E-state index contributed by atoms with van der Waals surface area (Å²) >= 11 is 5.33. The molecule has 0 aliphatic carbocycles. The quantitative estimate of drug-likeness (QED) is 0.712. The molecule has 1 rings (SSSR count). The number of nitrogens with one attached hydrogen (secondary N) is 1. The topological polar surface area (TPSA) is 58.0 Å². The maximum absolute atomic E-state index is 12.2. The van der Waals surface area contributed by atoms with E-state index in [1.54, 1.807) is 12.1 Å². The smallest absolute Gasteiger partial charge is 0.205 e. The Balaban J connectivity index is 0.000000261. The molecule has 0 heterocycles. The highest BCUT2D eigenvalue weighted by Gasteiger charge is 1.91. The van der Waals surface area contributed by atoms with Crippen molar-refractivity contribution in [2.75, 3.05) is 0 Å². The van der Waals surface area contributed by atoms with E-state index < -0.39 is 10.5 Å². The zero-order chi connectivity index (χ0) is 9.56. The van der Waals surface area contributed by atoms with Gasteiger partial charge in [-0.15, -0.1) is 0 Å². The van der Waals surface area contributed by atoms with Gasteiger partial charge in [0.05, 0.1) is 5.02 Å². The number of rotatable bonds is 0. The van der Waals surface area contributed by atoms with Crippen LogP contribution in [-0.4, -0.2) is 8.42 Å². The molecule has 6 heteroatoms. The van der Waals surface area contributed by atoms with E-state index in [-0.39, 0.29) is 10.8 Å². The maximum atomic E-state index is 12.2. The Bertz CT molecular complexity index is 323. The monoisotopic (exact) mass is 209 g/mol. The van der Waals surface area contributed by atoms with E-state index in [4.69, 9.17) is 24.8 Å². The fraction of sp³-hybridized carbons (Fsp3) is 0. The number of hydrogen-bond acceptors (Lipinski definition) is 3. The zero-order valence-corrected chi connectivity index (χ0v) is 7.36. The van der Waals surface area contributed by atoms with Crippen molar-refractivity contribution in [1.82, 2.24) is 0 Å². The molecule has 1 aromatic carbocycles. The molecule has 12 heavy (non-hydrogen) atoms. The van der Waals surface area contributed by atoms with Crippen LogP contribution in [0, 0.1) is 10.6 Å². The van der Waals surface area contributed by atoms with Crippen molar-refractivity contribution in [3.8, 4) is 0 Å². The Morgan fingerprint density at radius 2 is 1.75 bits per heavy atom. The molecule has 0 amide bonds. The van der Waals surface area contributed by atoms with Gasteiger partial charge < -0.3 is 0 Å². The van der Waals surface area contributed by atoms with E-state index in [1.807, 2.05) is 0 Å². The highest BCUT2D eigenvalue weighted by molar-refractivity contribution is 7.60. The summed E-state index contributed by atoms with van der Waals surface area (Å²) in [7, 11) is -2.61. The van der Waals surface area contributed by atoms with Gasteiger partial charge in [0, 0.05) is 0 Å². The fourth-order valence-corrected chi connectivity index (χ4v) is 0.575. The fourth-order valence-electron chi connectivity index (χ4n) is 0.439. The van der Waals surface area contributed by atoms with E-state index >= 15 is 0 Å². The second-order valence-corrected chi connectivity index (χ2v) is 2.53. The lowest BCUT2D eigenvalue weighted by molar-refractivity contribution is 0.620. The molecule has 0 bridgehead atoms. The van der Waals surface area contributed by atoms with Crippen molar-refractivity contribution < 1.29 is 12.8 Å². The average Bonchev–Trinajstić information content (AvgIpc) is 1.94. The van der Waals surface area contributed by atoms with Crippen molar-refractivity contribution in [3.05, 3.63) is 35.1 Å². The third-order valence-corrected chi connectivity index (χ3v) is 1.13. The lowest BCUT2D eigenvalue weighted by Gasteiger charge is -1.86. The van der Waals surface area contributed by atoms with Gasteiger partial charge in [0.2, 0.25) is 0 Å². The van der Waals surface area contributed by atoms with E-state index in [0.29, 0.717) is 0 Å². The molecule has 0 saturated heterocycles. The van der Waals surface area contributed by atoms with Crippen LogP contribution in [0.2, 0.25) is 5.02 Å². The normalized spacial score (nSPS) is 8.17. The van der Waals surface area contributed by atoms with Gasteiger partial charge in [0.15, 0.2) is 0 Å². The van der Waals surface area contributed by atoms with Crippen LogP contribution in [-0.2, 0) is 10.5 Å². The Morgan fingerprint density at radius 1 is 1.33 bits per heavy atom. The Kier molecular flexibility index (Phi) is 5.23. The highest BCUT2D eigenvalue weighted by atomic mass is 35.5. The van der Waals surface area contributed by atoms with Gasteiger partial charge in [-0.05, 0) is 12.1 Å². The third kappa shape index (κ3) is 5.82. The molecule has 0 aliphatic rings. The molecule has 0 saturated carbocycles. The highest BCUT2D eigenvalue weighted by Crippen LogP contribution is 2.11. The maximum Gasteiger partial charge on any atom is 0.308 e. The summed E-state index contributed by atoms with van der Waals surface area (Å²) in [6, 6.07) is 6.12. The van der Waals surface area contributed by atoms with Crippen LogP contribution < -0.4 is 0 Å². The summed E-state index contributed by atoms with van der Waals surface area (Å²) in [5.74, 6) is -0.367. The van der Waals surface area contributed by atoms with Crippen molar-refractivity contribution in [2.45, 2.75) is 0 Å². The summed E-state index contributed by atoms with van der Waals surface area (Å²) in [6.45, 7) is 0. The summed E-state index contributed by atoms with van der Waals surface area (Å²) < 4.78 is 35.0.